The summed E-state index contributed by atoms with van der Waals surface area (Å²) in [5.74, 6) is 2.60. The summed E-state index contributed by atoms with van der Waals surface area (Å²) in [5.41, 5.74) is 0. The third-order valence-electron chi connectivity index (χ3n) is 4.19. The van der Waals surface area contributed by atoms with Crippen molar-refractivity contribution in [3.63, 3.8) is 0 Å². The van der Waals surface area contributed by atoms with E-state index >= 15 is 0 Å². The number of morpholine rings is 1. The van der Waals surface area contributed by atoms with Gasteiger partial charge in [0.2, 0.25) is 5.91 Å². The molecule has 1 heterocycles. The van der Waals surface area contributed by atoms with Crippen molar-refractivity contribution in [2.24, 2.45) is 17.8 Å². The first-order valence-corrected chi connectivity index (χ1v) is 5.70. The van der Waals surface area contributed by atoms with Crippen molar-refractivity contribution in [3.05, 3.63) is 0 Å². The Morgan fingerprint density at radius 1 is 1.29 bits per heavy atom. The van der Waals surface area contributed by atoms with E-state index in [9.17, 15) is 4.79 Å². The molecule has 0 aromatic heterocycles. The van der Waals surface area contributed by atoms with Crippen molar-refractivity contribution in [2.75, 3.05) is 13.2 Å². The zero-order chi connectivity index (χ0) is 9.54. The zero-order valence-electron chi connectivity index (χ0n) is 8.37. The quantitative estimate of drug-likeness (QED) is 0.676. The lowest BCUT2D eigenvalue weighted by atomic mass is 9.83. The summed E-state index contributed by atoms with van der Waals surface area (Å²) in [4.78, 5) is 11.2. The van der Waals surface area contributed by atoms with Crippen LogP contribution >= 0.6 is 0 Å². The fraction of sp³-hybridized carbons (Fsp3) is 0.909. The molecule has 2 saturated carbocycles. The monoisotopic (exact) mass is 195 g/mol. The highest BCUT2D eigenvalue weighted by molar-refractivity contribution is 5.78. The molecule has 1 saturated heterocycles. The molecule has 3 nitrogen and oxygen atoms in total. The van der Waals surface area contributed by atoms with Gasteiger partial charge in [-0.1, -0.05) is 6.42 Å². The van der Waals surface area contributed by atoms with Gasteiger partial charge >= 0.3 is 0 Å². The van der Waals surface area contributed by atoms with Crippen LogP contribution in [0.2, 0.25) is 0 Å². The number of fused-ring (bicyclic) bond motifs is 2. The van der Waals surface area contributed by atoms with E-state index in [1.54, 1.807) is 0 Å². The Labute approximate surface area is 84.2 Å². The van der Waals surface area contributed by atoms with Gasteiger partial charge in [-0.3, -0.25) is 4.79 Å². The van der Waals surface area contributed by atoms with E-state index in [-0.39, 0.29) is 12.5 Å². The largest absolute Gasteiger partial charge is 0.370 e. The summed E-state index contributed by atoms with van der Waals surface area (Å²) in [5, 5.41) is 3.08. The number of carbonyl (C=O) groups excluding carboxylic acids is 1. The summed E-state index contributed by atoms with van der Waals surface area (Å²) in [6.45, 7) is 0.997. The molecule has 0 aromatic carbocycles. The Morgan fingerprint density at radius 3 is 2.86 bits per heavy atom. The normalized spacial score (nSPS) is 46.7. The van der Waals surface area contributed by atoms with Gasteiger partial charge in [0.1, 0.15) is 6.61 Å². The third kappa shape index (κ3) is 1.34. The Morgan fingerprint density at radius 2 is 2.21 bits per heavy atom. The topological polar surface area (TPSA) is 38.3 Å². The van der Waals surface area contributed by atoms with Gasteiger partial charge in [-0.25, -0.2) is 0 Å². The number of carbonyl (C=O) groups is 1. The van der Waals surface area contributed by atoms with E-state index in [4.69, 9.17) is 4.74 Å². The molecule has 1 amide bonds. The standard InChI is InChI=1S/C11H17NO2/c13-11-6-14-5-10(12-11)9-4-7-1-2-8(9)3-7/h7-10H,1-6H2,(H,12,13). The van der Waals surface area contributed by atoms with Crippen LogP contribution in [-0.2, 0) is 9.53 Å². The van der Waals surface area contributed by atoms with Crippen LogP contribution in [0.15, 0.2) is 0 Å². The van der Waals surface area contributed by atoms with Gasteiger partial charge in [0.25, 0.3) is 0 Å². The second-order valence-electron chi connectivity index (χ2n) is 5.03. The smallest absolute Gasteiger partial charge is 0.246 e. The van der Waals surface area contributed by atoms with Gasteiger partial charge in [-0.05, 0) is 37.0 Å². The Balaban J connectivity index is 1.67. The van der Waals surface area contributed by atoms with Crippen LogP contribution in [-0.4, -0.2) is 25.2 Å². The lowest BCUT2D eigenvalue weighted by molar-refractivity contribution is -0.132. The summed E-state index contributed by atoms with van der Waals surface area (Å²) in [6, 6.07) is 0.312. The molecule has 4 atom stereocenters. The number of ether oxygens (including phenoxy) is 1. The first-order valence-electron chi connectivity index (χ1n) is 5.70. The van der Waals surface area contributed by atoms with E-state index in [0.717, 1.165) is 18.4 Å². The lowest BCUT2D eigenvalue weighted by Gasteiger charge is -2.33. The maximum absolute atomic E-state index is 11.2. The van der Waals surface area contributed by atoms with E-state index < -0.39 is 0 Å². The van der Waals surface area contributed by atoms with Crippen molar-refractivity contribution in [3.8, 4) is 0 Å². The first-order chi connectivity index (χ1) is 6.83. The average Bonchev–Trinajstić information content (AvgIpc) is 2.78. The molecule has 1 N–H and O–H groups in total. The summed E-state index contributed by atoms with van der Waals surface area (Å²) in [6.07, 6.45) is 5.51. The molecule has 3 aliphatic rings. The van der Waals surface area contributed by atoms with Crippen LogP contribution in [0.25, 0.3) is 0 Å². The molecule has 0 radical (unpaired) electrons. The number of nitrogens with one attached hydrogen (secondary N) is 1. The second-order valence-corrected chi connectivity index (χ2v) is 5.03. The minimum absolute atomic E-state index is 0.0732. The molecule has 0 aromatic rings. The van der Waals surface area contributed by atoms with Gasteiger partial charge in [-0.2, -0.15) is 0 Å². The zero-order valence-corrected chi connectivity index (χ0v) is 8.37. The van der Waals surface area contributed by atoms with Gasteiger partial charge in [0.05, 0.1) is 12.6 Å². The van der Waals surface area contributed by atoms with Gasteiger partial charge in [0.15, 0.2) is 0 Å². The van der Waals surface area contributed by atoms with Crippen LogP contribution in [0.5, 0.6) is 0 Å². The molecule has 4 unspecified atom stereocenters. The van der Waals surface area contributed by atoms with Crippen LogP contribution in [0.3, 0.4) is 0 Å². The molecule has 0 spiro atoms. The predicted molar refractivity (Wildman–Crippen MR) is 51.7 cm³/mol. The highest BCUT2D eigenvalue weighted by Gasteiger charge is 2.44. The molecule has 3 fully saturated rings. The SMILES string of the molecule is O=C1COCC(C2CC3CCC2C3)N1. The molecule has 2 bridgehead atoms. The molecule has 1 aliphatic heterocycles. The molecule has 3 heteroatoms. The summed E-state index contributed by atoms with van der Waals surface area (Å²) >= 11 is 0. The number of amides is 1. The molecule has 2 aliphatic carbocycles. The minimum Gasteiger partial charge on any atom is -0.370 e. The molecule has 78 valence electrons. The van der Waals surface area contributed by atoms with Crippen LogP contribution < -0.4 is 5.32 Å². The Bertz CT molecular complexity index is 254. The van der Waals surface area contributed by atoms with Crippen molar-refractivity contribution in [2.45, 2.75) is 31.7 Å². The van der Waals surface area contributed by atoms with Crippen LogP contribution in [0, 0.1) is 17.8 Å². The summed E-state index contributed by atoms with van der Waals surface area (Å²) in [7, 11) is 0. The molecule has 14 heavy (non-hydrogen) atoms. The fourth-order valence-electron chi connectivity index (χ4n) is 3.59. The summed E-state index contributed by atoms with van der Waals surface area (Å²) < 4.78 is 5.30. The van der Waals surface area contributed by atoms with Gasteiger partial charge in [-0.15, -0.1) is 0 Å². The average molecular weight is 195 g/mol. The Kier molecular flexibility index (Phi) is 2.01. The van der Waals surface area contributed by atoms with Crippen molar-refractivity contribution < 1.29 is 9.53 Å². The van der Waals surface area contributed by atoms with E-state index in [1.165, 1.54) is 25.7 Å². The lowest BCUT2D eigenvalue weighted by Crippen LogP contribution is -2.50. The van der Waals surface area contributed by atoms with Crippen molar-refractivity contribution in [1.82, 2.24) is 5.32 Å². The fourth-order valence-corrected chi connectivity index (χ4v) is 3.59. The number of rotatable bonds is 1. The van der Waals surface area contributed by atoms with Crippen molar-refractivity contribution >= 4 is 5.91 Å². The minimum atomic E-state index is 0.0732. The molecular formula is C11H17NO2. The highest BCUT2D eigenvalue weighted by Crippen LogP contribution is 2.49. The third-order valence-corrected chi connectivity index (χ3v) is 4.19. The number of hydrogen-bond acceptors (Lipinski definition) is 2. The Hall–Kier alpha value is -0.570. The van der Waals surface area contributed by atoms with E-state index in [2.05, 4.69) is 5.32 Å². The predicted octanol–water partition coefficient (Wildman–Crippen LogP) is 0.938. The van der Waals surface area contributed by atoms with Crippen molar-refractivity contribution in [1.29, 1.82) is 0 Å². The van der Waals surface area contributed by atoms with Gasteiger partial charge in [0, 0.05) is 0 Å². The van der Waals surface area contributed by atoms with E-state index in [0.29, 0.717) is 12.0 Å². The molecular weight excluding hydrogens is 178 g/mol. The number of hydrogen-bond donors (Lipinski definition) is 1. The van der Waals surface area contributed by atoms with Crippen LogP contribution in [0.4, 0.5) is 0 Å². The first kappa shape index (κ1) is 8.72. The highest BCUT2D eigenvalue weighted by atomic mass is 16.5. The molecule has 3 rings (SSSR count). The van der Waals surface area contributed by atoms with E-state index in [1.807, 2.05) is 0 Å². The second kappa shape index (κ2) is 3.23. The maximum Gasteiger partial charge on any atom is 0.246 e. The van der Waals surface area contributed by atoms with Crippen LogP contribution in [0.1, 0.15) is 25.7 Å². The van der Waals surface area contributed by atoms with Gasteiger partial charge < -0.3 is 10.1 Å². The maximum atomic E-state index is 11.2.